The topological polar surface area (TPSA) is 78.5 Å². The van der Waals surface area contributed by atoms with Gasteiger partial charge in [0.25, 0.3) is 5.91 Å². The van der Waals surface area contributed by atoms with Gasteiger partial charge in [0.05, 0.1) is 11.4 Å². The van der Waals surface area contributed by atoms with E-state index in [1.807, 2.05) is 6.92 Å². The van der Waals surface area contributed by atoms with E-state index < -0.39 is 10.0 Å². The number of hydrogen-bond donors (Lipinski definition) is 2. The highest BCUT2D eigenvalue weighted by Gasteiger charge is 2.29. The van der Waals surface area contributed by atoms with E-state index in [1.54, 1.807) is 18.2 Å². The fraction of sp³-hybridized carbons (Fsp3) is 0.562. The summed E-state index contributed by atoms with van der Waals surface area (Å²) in [7, 11) is -3.19. The van der Waals surface area contributed by atoms with Gasteiger partial charge in [0, 0.05) is 24.7 Å². The van der Waals surface area contributed by atoms with E-state index in [0.717, 1.165) is 31.5 Å². The van der Waals surface area contributed by atoms with Gasteiger partial charge >= 0.3 is 0 Å². The Bertz CT molecular complexity index is 703. The van der Waals surface area contributed by atoms with Crippen LogP contribution in [0.25, 0.3) is 0 Å². The first-order chi connectivity index (χ1) is 11.0. The number of sulfonamides is 1. The van der Waals surface area contributed by atoms with Gasteiger partial charge in [0.2, 0.25) is 10.0 Å². The van der Waals surface area contributed by atoms with Crippen molar-refractivity contribution in [2.45, 2.75) is 32.2 Å². The summed E-state index contributed by atoms with van der Waals surface area (Å²) in [6, 6.07) is 5.40. The Labute approximate surface area is 149 Å². The third kappa shape index (κ3) is 4.02. The van der Waals surface area contributed by atoms with Gasteiger partial charge in [-0.2, -0.15) is 0 Å². The van der Waals surface area contributed by atoms with Crippen LogP contribution in [-0.2, 0) is 10.0 Å². The standard InChI is InChI=1S/C16H23N3O3S.ClH/c1-12-10-14(19-8-3-9-23(19,21)22)5-6-15(12)16(20)18-13-4-2-7-17-11-13;/h5-6,10,13,17H,2-4,7-9,11H2,1H3,(H,18,20);1H/t13-;/m0./s1. The second kappa shape index (κ2) is 7.72. The van der Waals surface area contributed by atoms with Gasteiger partial charge in [0.1, 0.15) is 0 Å². The molecule has 2 N–H and O–H groups in total. The number of halogens is 1. The summed E-state index contributed by atoms with van der Waals surface area (Å²) >= 11 is 0. The number of carbonyl (C=O) groups is 1. The molecule has 1 atom stereocenters. The molecular weight excluding hydrogens is 350 g/mol. The molecule has 1 aromatic rings. The molecule has 134 valence electrons. The Morgan fingerprint density at radius 3 is 2.71 bits per heavy atom. The van der Waals surface area contributed by atoms with E-state index in [9.17, 15) is 13.2 Å². The zero-order chi connectivity index (χ0) is 16.4. The summed E-state index contributed by atoms with van der Waals surface area (Å²) in [5.74, 6) is 0.107. The van der Waals surface area contributed by atoms with Crippen LogP contribution in [0.15, 0.2) is 18.2 Å². The average molecular weight is 374 g/mol. The number of rotatable bonds is 3. The minimum absolute atomic E-state index is 0. The summed E-state index contributed by atoms with van der Waals surface area (Å²) in [5.41, 5.74) is 2.05. The molecule has 1 aromatic carbocycles. The molecule has 1 amide bonds. The maximum atomic E-state index is 12.4. The third-order valence-electron chi connectivity index (χ3n) is 4.47. The van der Waals surface area contributed by atoms with Crippen molar-refractivity contribution >= 4 is 34.0 Å². The number of benzene rings is 1. The molecule has 3 rings (SSSR count). The molecule has 0 bridgehead atoms. The van der Waals surface area contributed by atoms with Gasteiger partial charge in [-0.05, 0) is 56.5 Å². The van der Waals surface area contributed by atoms with Crippen LogP contribution in [0.2, 0.25) is 0 Å². The summed E-state index contributed by atoms with van der Waals surface area (Å²) in [5, 5.41) is 6.32. The smallest absolute Gasteiger partial charge is 0.251 e. The van der Waals surface area contributed by atoms with Gasteiger partial charge in [-0.15, -0.1) is 12.4 Å². The molecule has 2 aliphatic rings. The number of amides is 1. The quantitative estimate of drug-likeness (QED) is 0.840. The Morgan fingerprint density at radius 1 is 1.33 bits per heavy atom. The van der Waals surface area contributed by atoms with Crippen molar-refractivity contribution in [1.29, 1.82) is 0 Å². The lowest BCUT2D eigenvalue weighted by Gasteiger charge is -2.24. The zero-order valence-electron chi connectivity index (χ0n) is 13.7. The monoisotopic (exact) mass is 373 g/mol. The maximum Gasteiger partial charge on any atom is 0.251 e. The molecule has 0 unspecified atom stereocenters. The first-order valence-electron chi connectivity index (χ1n) is 8.10. The fourth-order valence-electron chi connectivity index (χ4n) is 3.23. The minimum atomic E-state index is -3.19. The van der Waals surface area contributed by atoms with E-state index in [-0.39, 0.29) is 30.1 Å². The first kappa shape index (κ1) is 19.0. The van der Waals surface area contributed by atoms with E-state index >= 15 is 0 Å². The number of aryl methyl sites for hydroxylation is 1. The maximum absolute atomic E-state index is 12.4. The van der Waals surface area contributed by atoms with E-state index in [0.29, 0.717) is 24.2 Å². The SMILES string of the molecule is Cc1cc(N2CCCS2(=O)=O)ccc1C(=O)N[C@H]1CCCNC1.Cl. The number of hydrogen-bond acceptors (Lipinski definition) is 4. The molecule has 0 aromatic heterocycles. The molecule has 2 heterocycles. The highest BCUT2D eigenvalue weighted by molar-refractivity contribution is 7.93. The van der Waals surface area contributed by atoms with Gasteiger partial charge in [-0.3, -0.25) is 9.10 Å². The van der Waals surface area contributed by atoms with Crippen molar-refractivity contribution in [3.05, 3.63) is 29.3 Å². The number of anilines is 1. The van der Waals surface area contributed by atoms with Crippen molar-refractivity contribution < 1.29 is 13.2 Å². The van der Waals surface area contributed by atoms with Crippen LogP contribution >= 0.6 is 12.4 Å². The fourth-order valence-corrected chi connectivity index (χ4v) is 4.78. The van der Waals surface area contributed by atoms with Crippen LogP contribution in [0.3, 0.4) is 0 Å². The molecule has 2 fully saturated rings. The summed E-state index contributed by atoms with van der Waals surface area (Å²) in [4.78, 5) is 12.4. The van der Waals surface area contributed by atoms with E-state index in [4.69, 9.17) is 0 Å². The Morgan fingerprint density at radius 2 is 2.12 bits per heavy atom. The predicted molar refractivity (Wildman–Crippen MR) is 97.5 cm³/mol. The van der Waals surface area contributed by atoms with Crippen molar-refractivity contribution in [2.75, 3.05) is 29.7 Å². The van der Waals surface area contributed by atoms with Gasteiger partial charge in [0.15, 0.2) is 0 Å². The van der Waals surface area contributed by atoms with Crippen molar-refractivity contribution in [2.24, 2.45) is 0 Å². The lowest BCUT2D eigenvalue weighted by molar-refractivity contribution is 0.0930. The molecule has 6 nitrogen and oxygen atoms in total. The Hall–Kier alpha value is -1.31. The largest absolute Gasteiger partial charge is 0.348 e. The van der Waals surface area contributed by atoms with Crippen molar-refractivity contribution in [3.63, 3.8) is 0 Å². The Kier molecular flexibility index (Phi) is 6.11. The molecule has 0 saturated carbocycles. The number of carbonyl (C=O) groups excluding carboxylic acids is 1. The molecular formula is C16H24ClN3O3S. The van der Waals surface area contributed by atoms with E-state index in [2.05, 4.69) is 10.6 Å². The van der Waals surface area contributed by atoms with Crippen LogP contribution in [0.4, 0.5) is 5.69 Å². The molecule has 0 spiro atoms. The molecule has 2 aliphatic heterocycles. The molecule has 24 heavy (non-hydrogen) atoms. The van der Waals surface area contributed by atoms with Crippen molar-refractivity contribution in [1.82, 2.24) is 10.6 Å². The van der Waals surface area contributed by atoms with Crippen LogP contribution in [0.1, 0.15) is 35.2 Å². The number of nitrogens with one attached hydrogen (secondary N) is 2. The summed E-state index contributed by atoms with van der Waals surface area (Å²) in [6.45, 7) is 4.17. The van der Waals surface area contributed by atoms with Crippen LogP contribution in [-0.4, -0.2) is 45.8 Å². The summed E-state index contributed by atoms with van der Waals surface area (Å²) < 4.78 is 25.4. The Balaban J connectivity index is 0.00000208. The molecule has 2 saturated heterocycles. The highest BCUT2D eigenvalue weighted by atomic mass is 35.5. The van der Waals surface area contributed by atoms with Gasteiger partial charge in [-0.25, -0.2) is 8.42 Å². The number of nitrogens with zero attached hydrogens (tertiary/aromatic N) is 1. The van der Waals surface area contributed by atoms with E-state index in [1.165, 1.54) is 4.31 Å². The van der Waals surface area contributed by atoms with Crippen LogP contribution in [0, 0.1) is 6.92 Å². The lowest BCUT2D eigenvalue weighted by atomic mass is 10.0. The van der Waals surface area contributed by atoms with Crippen LogP contribution in [0.5, 0.6) is 0 Å². The molecule has 0 radical (unpaired) electrons. The average Bonchev–Trinajstić information content (AvgIpc) is 2.87. The number of piperidine rings is 1. The lowest BCUT2D eigenvalue weighted by Crippen LogP contribution is -2.45. The zero-order valence-corrected chi connectivity index (χ0v) is 15.4. The normalized spacial score (nSPS) is 22.7. The summed E-state index contributed by atoms with van der Waals surface area (Å²) in [6.07, 6.45) is 2.70. The molecule has 8 heteroatoms. The highest BCUT2D eigenvalue weighted by Crippen LogP contribution is 2.26. The first-order valence-corrected chi connectivity index (χ1v) is 9.71. The second-order valence-electron chi connectivity index (χ2n) is 6.26. The molecule has 0 aliphatic carbocycles. The van der Waals surface area contributed by atoms with Crippen LogP contribution < -0.4 is 14.9 Å². The third-order valence-corrected chi connectivity index (χ3v) is 6.34. The van der Waals surface area contributed by atoms with Crippen molar-refractivity contribution in [3.8, 4) is 0 Å². The van der Waals surface area contributed by atoms with Gasteiger partial charge in [-0.1, -0.05) is 0 Å². The minimum Gasteiger partial charge on any atom is -0.348 e. The predicted octanol–water partition coefficient (Wildman–Crippen LogP) is 1.44. The second-order valence-corrected chi connectivity index (χ2v) is 8.27. The van der Waals surface area contributed by atoms with Gasteiger partial charge < -0.3 is 10.6 Å².